The molecule has 1 aromatic carbocycles. The van der Waals surface area contributed by atoms with Crippen LogP contribution in [0.15, 0.2) is 35.3 Å². The second kappa shape index (κ2) is 11.4. The van der Waals surface area contributed by atoms with Crippen LogP contribution < -0.4 is 5.32 Å². The summed E-state index contributed by atoms with van der Waals surface area (Å²) >= 11 is 0. The van der Waals surface area contributed by atoms with Crippen LogP contribution in [0.4, 0.5) is 0 Å². The van der Waals surface area contributed by atoms with Crippen molar-refractivity contribution in [1.29, 1.82) is 0 Å². The second-order valence-corrected chi connectivity index (χ2v) is 7.95. The molecule has 2 saturated heterocycles. The molecular weight excluding hydrogens is 350 g/mol. The summed E-state index contributed by atoms with van der Waals surface area (Å²) in [6, 6.07) is 10.8. The Morgan fingerprint density at radius 2 is 2.00 bits per heavy atom. The number of ether oxygens (including phenoxy) is 2. The summed E-state index contributed by atoms with van der Waals surface area (Å²) in [4.78, 5) is 6.90. The summed E-state index contributed by atoms with van der Waals surface area (Å²) in [7, 11) is 1.88. The number of aliphatic imine (C=N–C) groups is 1. The lowest BCUT2D eigenvalue weighted by Crippen LogP contribution is -2.48. The Balaban J connectivity index is 1.40. The van der Waals surface area contributed by atoms with Crippen molar-refractivity contribution in [2.75, 3.05) is 39.9 Å². The highest BCUT2D eigenvalue weighted by Gasteiger charge is 2.24. The second-order valence-electron chi connectivity index (χ2n) is 7.95. The van der Waals surface area contributed by atoms with Crippen LogP contribution in [0.5, 0.6) is 0 Å². The molecule has 0 radical (unpaired) electrons. The molecule has 2 atom stereocenters. The molecule has 5 nitrogen and oxygen atoms in total. The van der Waals surface area contributed by atoms with Gasteiger partial charge in [-0.15, -0.1) is 0 Å². The quantitative estimate of drug-likeness (QED) is 0.571. The molecule has 156 valence electrons. The van der Waals surface area contributed by atoms with E-state index >= 15 is 0 Å². The van der Waals surface area contributed by atoms with E-state index in [4.69, 9.17) is 9.47 Å². The molecule has 0 amide bonds. The molecule has 3 rings (SSSR count). The summed E-state index contributed by atoms with van der Waals surface area (Å²) in [6.45, 7) is 6.82. The molecule has 0 aliphatic carbocycles. The summed E-state index contributed by atoms with van der Waals surface area (Å²) in [5.74, 6) is 1.53. The Morgan fingerprint density at radius 1 is 1.21 bits per heavy atom. The van der Waals surface area contributed by atoms with E-state index in [0.717, 1.165) is 64.5 Å². The first kappa shape index (κ1) is 21.1. The summed E-state index contributed by atoms with van der Waals surface area (Å²) in [5.41, 5.74) is 1.39. The van der Waals surface area contributed by atoms with Crippen LogP contribution in [0.2, 0.25) is 0 Å². The molecule has 2 heterocycles. The molecule has 2 aliphatic heterocycles. The maximum absolute atomic E-state index is 6.15. The number of guanidine groups is 1. The number of piperidine rings is 1. The number of hydrogen-bond acceptors (Lipinski definition) is 3. The number of nitrogens with one attached hydrogen (secondary N) is 1. The summed E-state index contributed by atoms with van der Waals surface area (Å²) < 4.78 is 11.9. The van der Waals surface area contributed by atoms with E-state index < -0.39 is 0 Å². The van der Waals surface area contributed by atoms with Gasteiger partial charge in [-0.1, -0.05) is 37.3 Å². The molecule has 2 unspecified atom stereocenters. The first-order valence-electron chi connectivity index (χ1n) is 11.0. The van der Waals surface area contributed by atoms with Gasteiger partial charge in [0.1, 0.15) is 0 Å². The van der Waals surface area contributed by atoms with Crippen LogP contribution in [0.1, 0.15) is 56.9 Å². The third-order valence-electron chi connectivity index (χ3n) is 6.02. The molecule has 0 spiro atoms. The van der Waals surface area contributed by atoms with Gasteiger partial charge in [-0.05, 0) is 44.1 Å². The van der Waals surface area contributed by atoms with Crippen LogP contribution >= 0.6 is 0 Å². The lowest BCUT2D eigenvalue weighted by molar-refractivity contribution is -0.0721. The van der Waals surface area contributed by atoms with E-state index in [9.17, 15) is 0 Å². The SMILES string of the molecule is CCC(CNC(=NC)N1CCC(OCC2CCCCO2)CC1)c1ccccc1. The molecule has 1 N–H and O–H groups in total. The Morgan fingerprint density at radius 3 is 2.64 bits per heavy atom. The predicted molar refractivity (Wildman–Crippen MR) is 115 cm³/mol. The van der Waals surface area contributed by atoms with Crippen molar-refractivity contribution >= 4 is 5.96 Å². The maximum atomic E-state index is 6.15. The minimum Gasteiger partial charge on any atom is -0.376 e. The van der Waals surface area contributed by atoms with E-state index in [2.05, 4.69) is 52.5 Å². The van der Waals surface area contributed by atoms with Gasteiger partial charge in [0.05, 0.1) is 18.8 Å². The van der Waals surface area contributed by atoms with E-state index in [-0.39, 0.29) is 0 Å². The average Bonchev–Trinajstić information content (AvgIpc) is 2.77. The lowest BCUT2D eigenvalue weighted by Gasteiger charge is -2.35. The largest absolute Gasteiger partial charge is 0.376 e. The molecule has 0 saturated carbocycles. The monoisotopic (exact) mass is 387 g/mol. The van der Waals surface area contributed by atoms with Gasteiger partial charge in [0.2, 0.25) is 0 Å². The van der Waals surface area contributed by atoms with Crippen molar-refractivity contribution in [2.24, 2.45) is 4.99 Å². The molecule has 0 aromatic heterocycles. The topological polar surface area (TPSA) is 46.1 Å². The summed E-state index contributed by atoms with van der Waals surface area (Å²) in [5, 5.41) is 3.60. The third kappa shape index (κ3) is 6.21. The van der Waals surface area contributed by atoms with Gasteiger partial charge in [0.25, 0.3) is 0 Å². The van der Waals surface area contributed by atoms with Gasteiger partial charge in [-0.25, -0.2) is 0 Å². The van der Waals surface area contributed by atoms with E-state index in [1.54, 1.807) is 0 Å². The fourth-order valence-electron chi connectivity index (χ4n) is 4.19. The molecule has 2 fully saturated rings. The fourth-order valence-corrected chi connectivity index (χ4v) is 4.19. The maximum Gasteiger partial charge on any atom is 0.193 e. The van der Waals surface area contributed by atoms with Crippen molar-refractivity contribution in [3.05, 3.63) is 35.9 Å². The highest BCUT2D eigenvalue weighted by molar-refractivity contribution is 5.80. The first-order chi connectivity index (χ1) is 13.8. The van der Waals surface area contributed by atoms with E-state index in [0.29, 0.717) is 18.1 Å². The number of nitrogens with zero attached hydrogens (tertiary/aromatic N) is 2. The fraction of sp³-hybridized carbons (Fsp3) is 0.696. The number of rotatable bonds is 7. The van der Waals surface area contributed by atoms with Crippen molar-refractivity contribution in [1.82, 2.24) is 10.2 Å². The normalized spacial score (nSPS) is 22.9. The third-order valence-corrected chi connectivity index (χ3v) is 6.02. The van der Waals surface area contributed by atoms with Crippen LogP contribution in [0.25, 0.3) is 0 Å². The zero-order valence-electron chi connectivity index (χ0n) is 17.6. The smallest absolute Gasteiger partial charge is 0.193 e. The van der Waals surface area contributed by atoms with Crippen molar-refractivity contribution in [2.45, 2.75) is 63.6 Å². The van der Waals surface area contributed by atoms with Gasteiger partial charge in [-0.2, -0.15) is 0 Å². The minimum absolute atomic E-state index is 0.310. The highest BCUT2D eigenvalue weighted by Crippen LogP contribution is 2.20. The first-order valence-corrected chi connectivity index (χ1v) is 11.0. The lowest BCUT2D eigenvalue weighted by atomic mass is 9.96. The van der Waals surface area contributed by atoms with Crippen LogP contribution in [0.3, 0.4) is 0 Å². The van der Waals surface area contributed by atoms with Gasteiger partial charge in [-0.3, -0.25) is 4.99 Å². The van der Waals surface area contributed by atoms with Crippen LogP contribution in [-0.2, 0) is 9.47 Å². The Kier molecular flexibility index (Phi) is 8.62. The molecule has 2 aliphatic rings. The van der Waals surface area contributed by atoms with Crippen LogP contribution in [-0.4, -0.2) is 63.0 Å². The van der Waals surface area contributed by atoms with Crippen molar-refractivity contribution in [3.63, 3.8) is 0 Å². The molecule has 1 aromatic rings. The van der Waals surface area contributed by atoms with Crippen molar-refractivity contribution in [3.8, 4) is 0 Å². The van der Waals surface area contributed by atoms with Gasteiger partial charge in [0, 0.05) is 39.2 Å². The Labute approximate surface area is 170 Å². The molecule has 0 bridgehead atoms. The van der Waals surface area contributed by atoms with Gasteiger partial charge >= 0.3 is 0 Å². The average molecular weight is 388 g/mol. The number of hydrogen-bond donors (Lipinski definition) is 1. The molecule has 28 heavy (non-hydrogen) atoms. The van der Waals surface area contributed by atoms with Gasteiger partial charge < -0.3 is 19.7 Å². The van der Waals surface area contributed by atoms with E-state index in [1.165, 1.54) is 18.4 Å². The molecular formula is C23H37N3O2. The standard InChI is InChI=1S/C23H37N3O2/c1-3-19(20-9-5-4-6-10-20)17-25-23(24-2)26-14-12-21(13-15-26)28-18-22-11-7-8-16-27-22/h4-6,9-10,19,21-22H,3,7-8,11-18H2,1-2H3,(H,24,25). The number of likely N-dealkylation sites (tertiary alicyclic amines) is 1. The zero-order chi connectivity index (χ0) is 19.6. The van der Waals surface area contributed by atoms with Crippen LogP contribution in [0, 0.1) is 0 Å². The Hall–Kier alpha value is -1.59. The van der Waals surface area contributed by atoms with Crippen molar-refractivity contribution < 1.29 is 9.47 Å². The molecule has 5 heteroatoms. The predicted octanol–water partition coefficient (Wildman–Crippen LogP) is 3.81. The highest BCUT2D eigenvalue weighted by atomic mass is 16.5. The zero-order valence-corrected chi connectivity index (χ0v) is 17.6. The van der Waals surface area contributed by atoms with Gasteiger partial charge in [0.15, 0.2) is 5.96 Å². The minimum atomic E-state index is 0.310. The Bertz CT molecular complexity index is 579. The summed E-state index contributed by atoms with van der Waals surface area (Å²) in [6.07, 6.45) is 7.52. The number of benzene rings is 1. The van der Waals surface area contributed by atoms with E-state index in [1.807, 2.05) is 7.05 Å².